The summed E-state index contributed by atoms with van der Waals surface area (Å²) in [6, 6.07) is 1.95. The van der Waals surface area contributed by atoms with Gasteiger partial charge in [0.1, 0.15) is 0 Å². The minimum Gasteiger partial charge on any atom is -0.477 e. The van der Waals surface area contributed by atoms with Gasteiger partial charge in [-0.15, -0.1) is 0 Å². The molecule has 0 bridgehead atoms. The van der Waals surface area contributed by atoms with Gasteiger partial charge in [-0.25, -0.2) is 9.98 Å². The van der Waals surface area contributed by atoms with Crippen molar-refractivity contribution in [1.29, 1.82) is 0 Å². The van der Waals surface area contributed by atoms with E-state index in [0.29, 0.717) is 12.5 Å². The molecule has 0 saturated carbocycles. The second-order valence-corrected chi connectivity index (χ2v) is 5.61. The number of aryl methyl sites for hydroxylation is 1. The van der Waals surface area contributed by atoms with Crippen LogP contribution in [0.5, 0.6) is 5.88 Å². The normalized spacial score (nSPS) is 11.5. The molecule has 116 valence electrons. The molecule has 0 saturated heterocycles. The lowest BCUT2D eigenvalue weighted by Crippen LogP contribution is -2.14. The molecule has 0 unspecified atom stereocenters. The maximum absolute atomic E-state index is 5.71. The number of unbranched alkanes of at least 4 members (excludes halogenated alkanes) is 1. The number of ether oxygens (including phenoxy) is 1. The molecule has 0 spiro atoms. The zero-order valence-corrected chi connectivity index (χ0v) is 14.9. The average Bonchev–Trinajstić information content (AvgIpc) is 2.48. The third kappa shape index (κ3) is 6.29. The minimum atomic E-state index is 0.635. The van der Waals surface area contributed by atoms with Gasteiger partial charge < -0.3 is 9.64 Å². The molecule has 21 heavy (non-hydrogen) atoms. The van der Waals surface area contributed by atoms with Crippen LogP contribution in [0.3, 0.4) is 0 Å². The lowest BCUT2D eigenvalue weighted by molar-refractivity contribution is 0.298. The molecule has 0 N–H and O–H groups in total. The molecular weight excluding hydrogens is 330 g/mol. The number of allylic oxidation sites excluding steroid dienone is 2. The van der Waals surface area contributed by atoms with Crippen molar-refractivity contribution >= 4 is 28.0 Å². The van der Waals surface area contributed by atoms with Crippen LogP contribution < -0.4 is 4.74 Å². The van der Waals surface area contributed by atoms with Crippen molar-refractivity contribution < 1.29 is 4.74 Å². The van der Waals surface area contributed by atoms with E-state index in [-0.39, 0.29) is 0 Å². The first-order valence-electron chi connectivity index (χ1n) is 7.24. The first kappa shape index (κ1) is 17.7. The van der Waals surface area contributed by atoms with Gasteiger partial charge in [-0.2, -0.15) is 0 Å². The Balaban J connectivity index is 2.68. The van der Waals surface area contributed by atoms with Crippen LogP contribution in [0.25, 0.3) is 0 Å². The van der Waals surface area contributed by atoms with Gasteiger partial charge in [0, 0.05) is 13.6 Å². The van der Waals surface area contributed by atoms with Crippen molar-refractivity contribution in [3.63, 3.8) is 0 Å². The molecule has 0 aliphatic heterocycles. The Bertz CT molecular complexity index is 501. The van der Waals surface area contributed by atoms with Gasteiger partial charge in [0.05, 0.1) is 28.8 Å². The Morgan fingerprint density at radius 3 is 2.90 bits per heavy atom. The Morgan fingerprint density at radius 2 is 2.24 bits per heavy atom. The van der Waals surface area contributed by atoms with E-state index in [2.05, 4.69) is 45.0 Å². The first-order chi connectivity index (χ1) is 10.1. The van der Waals surface area contributed by atoms with Crippen molar-refractivity contribution in [2.45, 2.75) is 33.6 Å². The Morgan fingerprint density at radius 1 is 1.48 bits per heavy atom. The Kier molecular flexibility index (Phi) is 8.05. The lowest BCUT2D eigenvalue weighted by atomic mass is 10.3. The number of rotatable bonds is 8. The van der Waals surface area contributed by atoms with E-state index in [9.17, 15) is 0 Å². The number of pyridine rings is 1. The first-order valence-corrected chi connectivity index (χ1v) is 8.03. The third-order valence-electron chi connectivity index (χ3n) is 2.99. The summed E-state index contributed by atoms with van der Waals surface area (Å²) >= 11 is 3.50. The predicted octanol–water partition coefficient (Wildman–Crippen LogP) is 4.50. The Hall–Kier alpha value is -1.36. The molecule has 1 rings (SSSR count). The van der Waals surface area contributed by atoms with Gasteiger partial charge >= 0.3 is 0 Å². The van der Waals surface area contributed by atoms with Gasteiger partial charge in [0.25, 0.3) is 0 Å². The molecular formula is C16H24BrN3O. The highest BCUT2D eigenvalue weighted by atomic mass is 79.9. The highest BCUT2D eigenvalue weighted by Gasteiger charge is 2.08. The van der Waals surface area contributed by atoms with Crippen LogP contribution in [0.1, 0.15) is 32.4 Å². The fraction of sp³-hybridized carbons (Fsp3) is 0.500. The number of hydrogen-bond acceptors (Lipinski definition) is 3. The standard InChI is InChI=1S/C16H24BrN3O/c1-5-7-8-9-10-21-16-14(17)11-15(13(3)19-16)18-12-20(4)6-2/h5,7,11-12H,6,8-10H2,1-4H3. The maximum Gasteiger partial charge on any atom is 0.228 e. The summed E-state index contributed by atoms with van der Waals surface area (Å²) < 4.78 is 6.55. The minimum absolute atomic E-state index is 0.635. The summed E-state index contributed by atoms with van der Waals surface area (Å²) in [5.74, 6) is 0.635. The summed E-state index contributed by atoms with van der Waals surface area (Å²) in [5, 5.41) is 0. The van der Waals surface area contributed by atoms with E-state index in [1.54, 1.807) is 0 Å². The smallest absolute Gasteiger partial charge is 0.228 e. The fourth-order valence-electron chi connectivity index (χ4n) is 1.56. The van der Waals surface area contributed by atoms with Crippen LogP contribution in [0.4, 0.5) is 5.69 Å². The maximum atomic E-state index is 5.71. The fourth-order valence-corrected chi connectivity index (χ4v) is 1.98. The molecule has 0 amide bonds. The molecule has 4 nitrogen and oxygen atoms in total. The molecule has 0 aromatic carbocycles. The zero-order chi connectivity index (χ0) is 15.7. The SMILES string of the molecule is CC=CCCCOc1nc(C)c(N=CN(C)CC)cc1Br. The van der Waals surface area contributed by atoms with E-state index in [1.165, 1.54) is 0 Å². The molecule has 1 aromatic rings. The van der Waals surface area contributed by atoms with Crippen LogP contribution in [-0.2, 0) is 0 Å². The van der Waals surface area contributed by atoms with Crippen LogP contribution in [0.15, 0.2) is 27.7 Å². The zero-order valence-electron chi connectivity index (χ0n) is 13.3. The quantitative estimate of drug-likeness (QED) is 0.299. The molecule has 0 atom stereocenters. The van der Waals surface area contributed by atoms with Gasteiger partial charge in [0.2, 0.25) is 5.88 Å². The van der Waals surface area contributed by atoms with Crippen molar-refractivity contribution in [1.82, 2.24) is 9.88 Å². The lowest BCUT2D eigenvalue weighted by Gasteiger charge is -2.11. The van der Waals surface area contributed by atoms with Crippen LogP contribution >= 0.6 is 15.9 Å². The van der Waals surface area contributed by atoms with Crippen molar-refractivity contribution in [2.24, 2.45) is 4.99 Å². The van der Waals surface area contributed by atoms with Crippen LogP contribution in [0, 0.1) is 6.92 Å². The molecule has 1 aromatic heterocycles. The highest BCUT2D eigenvalue weighted by molar-refractivity contribution is 9.10. The van der Waals surface area contributed by atoms with Gasteiger partial charge in [-0.05, 0) is 55.6 Å². The summed E-state index contributed by atoms with van der Waals surface area (Å²) in [6.07, 6.45) is 8.02. The Labute approximate surface area is 136 Å². The molecule has 0 aliphatic carbocycles. The van der Waals surface area contributed by atoms with E-state index in [4.69, 9.17) is 4.74 Å². The van der Waals surface area contributed by atoms with Crippen molar-refractivity contribution in [3.8, 4) is 5.88 Å². The molecule has 1 heterocycles. The second kappa shape index (κ2) is 9.55. The number of nitrogens with zero attached hydrogens (tertiary/aromatic N) is 3. The van der Waals surface area contributed by atoms with E-state index >= 15 is 0 Å². The third-order valence-corrected chi connectivity index (χ3v) is 3.56. The summed E-state index contributed by atoms with van der Waals surface area (Å²) in [6.45, 7) is 7.63. The number of aromatic nitrogens is 1. The van der Waals surface area contributed by atoms with Crippen LogP contribution in [0.2, 0.25) is 0 Å². The topological polar surface area (TPSA) is 37.7 Å². The summed E-state index contributed by atoms with van der Waals surface area (Å²) in [7, 11) is 1.99. The highest BCUT2D eigenvalue weighted by Crippen LogP contribution is 2.29. The van der Waals surface area contributed by atoms with E-state index in [1.807, 2.05) is 38.2 Å². The monoisotopic (exact) mass is 353 g/mol. The van der Waals surface area contributed by atoms with E-state index < -0.39 is 0 Å². The molecule has 0 fully saturated rings. The predicted molar refractivity (Wildman–Crippen MR) is 92.7 cm³/mol. The van der Waals surface area contributed by atoms with Gasteiger partial charge in [0.15, 0.2) is 0 Å². The van der Waals surface area contributed by atoms with Crippen molar-refractivity contribution in [2.75, 3.05) is 20.2 Å². The number of halogens is 1. The van der Waals surface area contributed by atoms with Gasteiger partial charge in [-0.1, -0.05) is 12.2 Å². The van der Waals surface area contributed by atoms with E-state index in [0.717, 1.165) is 35.2 Å². The summed E-state index contributed by atoms with van der Waals surface area (Å²) in [4.78, 5) is 10.9. The molecule has 5 heteroatoms. The molecule has 0 radical (unpaired) electrons. The largest absolute Gasteiger partial charge is 0.477 e. The van der Waals surface area contributed by atoms with Crippen molar-refractivity contribution in [3.05, 3.63) is 28.4 Å². The van der Waals surface area contributed by atoms with Gasteiger partial charge in [-0.3, -0.25) is 0 Å². The number of hydrogen-bond donors (Lipinski definition) is 0. The number of aliphatic imine (C=N–C) groups is 1. The summed E-state index contributed by atoms with van der Waals surface area (Å²) in [5.41, 5.74) is 1.71. The van der Waals surface area contributed by atoms with Crippen LogP contribution in [-0.4, -0.2) is 36.4 Å². The average molecular weight is 354 g/mol. The second-order valence-electron chi connectivity index (χ2n) is 4.76. The molecule has 0 aliphatic rings.